The largest absolute Gasteiger partial charge is 0.380 e. The summed E-state index contributed by atoms with van der Waals surface area (Å²) in [5, 5.41) is 6.14. The molecule has 4 nitrogen and oxygen atoms in total. The van der Waals surface area contributed by atoms with Gasteiger partial charge in [-0.1, -0.05) is 22.0 Å². The van der Waals surface area contributed by atoms with Gasteiger partial charge in [0.25, 0.3) is 0 Å². The van der Waals surface area contributed by atoms with E-state index in [1.54, 1.807) is 13.1 Å². The van der Waals surface area contributed by atoms with Gasteiger partial charge < -0.3 is 15.4 Å². The summed E-state index contributed by atoms with van der Waals surface area (Å²) >= 11 is 3.23. The van der Waals surface area contributed by atoms with Gasteiger partial charge in [0, 0.05) is 36.8 Å². The molecule has 0 unspecified atom stereocenters. The first-order chi connectivity index (χ1) is 9.17. The van der Waals surface area contributed by atoms with E-state index in [4.69, 9.17) is 4.74 Å². The van der Waals surface area contributed by atoms with Crippen molar-refractivity contribution < 1.29 is 9.13 Å². The molecule has 0 heterocycles. The van der Waals surface area contributed by atoms with Crippen molar-refractivity contribution in [3.63, 3.8) is 0 Å². The number of guanidine groups is 1. The third kappa shape index (κ3) is 6.02. The van der Waals surface area contributed by atoms with Crippen molar-refractivity contribution in [2.24, 2.45) is 4.99 Å². The maximum Gasteiger partial charge on any atom is 0.191 e. The summed E-state index contributed by atoms with van der Waals surface area (Å²) < 4.78 is 19.5. The zero-order valence-electron chi connectivity index (χ0n) is 11.2. The fourth-order valence-corrected chi connectivity index (χ4v) is 1.78. The van der Waals surface area contributed by atoms with Crippen LogP contribution in [-0.2, 0) is 11.3 Å². The van der Waals surface area contributed by atoms with E-state index in [2.05, 4.69) is 31.6 Å². The van der Waals surface area contributed by atoms with Crippen LogP contribution < -0.4 is 10.6 Å². The first-order valence-corrected chi connectivity index (χ1v) is 6.92. The molecule has 0 fully saturated rings. The molecule has 106 valence electrons. The summed E-state index contributed by atoms with van der Waals surface area (Å²) in [6, 6.07) is 4.99. The first-order valence-electron chi connectivity index (χ1n) is 6.13. The number of nitrogens with one attached hydrogen (secondary N) is 2. The standard InChI is InChI=1S/C13H19BrFN3O/c1-3-19-7-6-17-13(16-2)18-9-10-4-5-11(14)8-12(10)15/h4-5,8H,3,6-7,9H2,1-2H3,(H2,16,17,18). The van der Waals surface area contributed by atoms with Crippen molar-refractivity contribution in [1.29, 1.82) is 0 Å². The molecule has 0 spiro atoms. The Kier molecular flexibility index (Phi) is 7.43. The molecule has 0 atom stereocenters. The van der Waals surface area contributed by atoms with Gasteiger partial charge in [-0.25, -0.2) is 4.39 Å². The van der Waals surface area contributed by atoms with Crippen molar-refractivity contribution in [3.8, 4) is 0 Å². The highest BCUT2D eigenvalue weighted by Gasteiger charge is 2.03. The Morgan fingerprint density at radius 3 is 2.84 bits per heavy atom. The monoisotopic (exact) mass is 331 g/mol. The lowest BCUT2D eigenvalue weighted by atomic mass is 10.2. The Bertz CT molecular complexity index is 426. The number of aliphatic imine (C=N–C) groups is 1. The van der Waals surface area contributed by atoms with Crippen LogP contribution in [0.1, 0.15) is 12.5 Å². The molecule has 0 amide bonds. The van der Waals surface area contributed by atoms with Crippen LogP contribution in [0, 0.1) is 5.82 Å². The number of ether oxygens (including phenoxy) is 1. The molecule has 1 aromatic rings. The van der Waals surface area contributed by atoms with Crippen LogP contribution in [0.15, 0.2) is 27.7 Å². The highest BCUT2D eigenvalue weighted by Crippen LogP contribution is 2.14. The van der Waals surface area contributed by atoms with Crippen LogP contribution >= 0.6 is 15.9 Å². The average Bonchev–Trinajstić information content (AvgIpc) is 2.40. The Hall–Kier alpha value is -1.14. The molecule has 0 bridgehead atoms. The quantitative estimate of drug-likeness (QED) is 0.477. The van der Waals surface area contributed by atoms with Gasteiger partial charge in [0.1, 0.15) is 5.82 Å². The number of rotatable bonds is 6. The molecular formula is C13H19BrFN3O. The topological polar surface area (TPSA) is 45.6 Å². The Balaban J connectivity index is 2.40. The van der Waals surface area contributed by atoms with Crippen LogP contribution in [0.4, 0.5) is 4.39 Å². The van der Waals surface area contributed by atoms with Gasteiger partial charge in [0.15, 0.2) is 5.96 Å². The number of hydrogen-bond acceptors (Lipinski definition) is 2. The molecule has 0 saturated carbocycles. The molecule has 0 aliphatic rings. The molecule has 0 aliphatic heterocycles. The summed E-state index contributed by atoms with van der Waals surface area (Å²) in [6.07, 6.45) is 0. The highest BCUT2D eigenvalue weighted by molar-refractivity contribution is 9.10. The van der Waals surface area contributed by atoms with E-state index < -0.39 is 0 Å². The second-order valence-corrected chi connectivity index (χ2v) is 4.70. The summed E-state index contributed by atoms with van der Waals surface area (Å²) in [4.78, 5) is 4.06. The van der Waals surface area contributed by atoms with Gasteiger partial charge >= 0.3 is 0 Å². The van der Waals surface area contributed by atoms with Crippen LogP contribution in [0.25, 0.3) is 0 Å². The van der Waals surface area contributed by atoms with E-state index in [-0.39, 0.29) is 5.82 Å². The zero-order chi connectivity index (χ0) is 14.1. The molecule has 6 heteroatoms. The van der Waals surface area contributed by atoms with E-state index in [0.29, 0.717) is 37.8 Å². The Morgan fingerprint density at radius 2 is 2.21 bits per heavy atom. The lowest BCUT2D eigenvalue weighted by Gasteiger charge is -2.12. The van der Waals surface area contributed by atoms with E-state index in [0.717, 1.165) is 4.47 Å². The zero-order valence-corrected chi connectivity index (χ0v) is 12.8. The molecule has 0 aromatic heterocycles. The molecule has 19 heavy (non-hydrogen) atoms. The van der Waals surface area contributed by atoms with Gasteiger partial charge in [0.2, 0.25) is 0 Å². The summed E-state index contributed by atoms with van der Waals surface area (Å²) in [5.74, 6) is 0.383. The number of hydrogen-bond donors (Lipinski definition) is 2. The van der Waals surface area contributed by atoms with Gasteiger partial charge in [-0.3, -0.25) is 4.99 Å². The van der Waals surface area contributed by atoms with Crippen molar-refractivity contribution in [1.82, 2.24) is 10.6 Å². The third-order valence-electron chi connectivity index (χ3n) is 2.43. The number of benzene rings is 1. The van der Waals surface area contributed by atoms with E-state index in [1.165, 1.54) is 6.07 Å². The minimum atomic E-state index is -0.244. The van der Waals surface area contributed by atoms with Crippen LogP contribution in [0.5, 0.6) is 0 Å². The van der Waals surface area contributed by atoms with E-state index in [9.17, 15) is 4.39 Å². The predicted molar refractivity (Wildman–Crippen MR) is 78.8 cm³/mol. The average molecular weight is 332 g/mol. The number of nitrogens with zero attached hydrogens (tertiary/aromatic N) is 1. The third-order valence-corrected chi connectivity index (χ3v) is 2.92. The van der Waals surface area contributed by atoms with Crippen molar-refractivity contribution in [2.75, 3.05) is 26.8 Å². The summed E-state index contributed by atoms with van der Waals surface area (Å²) in [6.45, 7) is 4.30. The second-order valence-electron chi connectivity index (χ2n) is 3.79. The maximum absolute atomic E-state index is 13.6. The normalized spacial score (nSPS) is 11.5. The lowest BCUT2D eigenvalue weighted by molar-refractivity contribution is 0.152. The van der Waals surface area contributed by atoms with Gasteiger partial charge in [0.05, 0.1) is 6.61 Å². The van der Waals surface area contributed by atoms with Crippen LogP contribution in [-0.4, -0.2) is 32.8 Å². The fourth-order valence-electron chi connectivity index (χ4n) is 1.45. The molecule has 0 saturated heterocycles. The van der Waals surface area contributed by atoms with Crippen molar-refractivity contribution >= 4 is 21.9 Å². The molecule has 0 aliphatic carbocycles. The lowest BCUT2D eigenvalue weighted by Crippen LogP contribution is -2.38. The summed E-state index contributed by atoms with van der Waals surface area (Å²) in [5.41, 5.74) is 0.593. The maximum atomic E-state index is 13.6. The first kappa shape index (κ1) is 15.9. The molecule has 1 rings (SSSR count). The van der Waals surface area contributed by atoms with Crippen molar-refractivity contribution in [3.05, 3.63) is 34.1 Å². The molecule has 2 N–H and O–H groups in total. The minimum Gasteiger partial charge on any atom is -0.380 e. The van der Waals surface area contributed by atoms with Crippen LogP contribution in [0.2, 0.25) is 0 Å². The van der Waals surface area contributed by atoms with Gasteiger partial charge in [-0.05, 0) is 19.1 Å². The van der Waals surface area contributed by atoms with E-state index >= 15 is 0 Å². The van der Waals surface area contributed by atoms with E-state index in [1.807, 2.05) is 13.0 Å². The molecular weight excluding hydrogens is 313 g/mol. The summed E-state index contributed by atoms with van der Waals surface area (Å²) in [7, 11) is 1.67. The molecule has 1 aromatic carbocycles. The van der Waals surface area contributed by atoms with Gasteiger partial charge in [-0.15, -0.1) is 0 Å². The second kappa shape index (κ2) is 8.87. The minimum absolute atomic E-state index is 0.244. The van der Waals surface area contributed by atoms with Gasteiger partial charge in [-0.2, -0.15) is 0 Å². The van der Waals surface area contributed by atoms with Crippen LogP contribution in [0.3, 0.4) is 0 Å². The highest BCUT2D eigenvalue weighted by atomic mass is 79.9. The predicted octanol–water partition coefficient (Wildman–Crippen LogP) is 2.29. The molecule has 0 radical (unpaired) electrons. The van der Waals surface area contributed by atoms with Crippen molar-refractivity contribution in [2.45, 2.75) is 13.5 Å². The Labute approximate surface area is 121 Å². The Morgan fingerprint density at radius 1 is 1.42 bits per heavy atom. The fraction of sp³-hybridized carbons (Fsp3) is 0.462. The smallest absolute Gasteiger partial charge is 0.191 e. The SMILES string of the molecule is CCOCCNC(=NC)NCc1ccc(Br)cc1F. The number of halogens is 2.